The Morgan fingerprint density at radius 1 is 0.971 bits per heavy atom. The van der Waals surface area contributed by atoms with Gasteiger partial charge in [0.1, 0.15) is 5.75 Å². The number of halogens is 3. The highest BCUT2D eigenvalue weighted by atomic mass is 19.4. The number of phenolic OH excluding ortho intramolecular Hbond substituents is 1. The lowest BCUT2D eigenvalue weighted by Crippen LogP contribution is -2.49. The average Bonchev–Trinajstić information content (AvgIpc) is 2.83. The van der Waals surface area contributed by atoms with Crippen molar-refractivity contribution in [1.82, 2.24) is 15.2 Å². The van der Waals surface area contributed by atoms with Crippen molar-refractivity contribution in [3.8, 4) is 5.75 Å². The van der Waals surface area contributed by atoms with Crippen LogP contribution < -0.4 is 5.43 Å². The maximum atomic E-state index is 13.4. The predicted octanol–water partition coefficient (Wildman–Crippen LogP) is 3.80. The van der Waals surface area contributed by atoms with Gasteiger partial charge in [0.2, 0.25) is 5.91 Å². The number of carbonyl (C=O) groups is 2. The van der Waals surface area contributed by atoms with Gasteiger partial charge in [-0.3, -0.25) is 14.5 Å². The molecule has 0 aliphatic carbocycles. The molecule has 10 heteroatoms. The van der Waals surface area contributed by atoms with Crippen molar-refractivity contribution in [3.05, 3.63) is 65.7 Å². The first-order valence-electron chi connectivity index (χ1n) is 11.0. The van der Waals surface area contributed by atoms with Gasteiger partial charge in [0.25, 0.3) is 5.91 Å². The average molecular weight is 479 g/mol. The van der Waals surface area contributed by atoms with Gasteiger partial charge in [-0.05, 0) is 17.7 Å². The second kappa shape index (κ2) is 12.7. The van der Waals surface area contributed by atoms with E-state index in [9.17, 15) is 27.9 Å². The molecule has 7 nitrogen and oxygen atoms in total. The van der Waals surface area contributed by atoms with E-state index in [4.69, 9.17) is 0 Å². The van der Waals surface area contributed by atoms with E-state index in [1.807, 2.05) is 44.2 Å². The number of para-hydroxylation sites is 1. The van der Waals surface area contributed by atoms with Crippen molar-refractivity contribution in [1.29, 1.82) is 0 Å². The number of aromatic hydroxyl groups is 1. The number of hydrogen-bond donors (Lipinski definition) is 2. The van der Waals surface area contributed by atoms with Crippen LogP contribution in [0.3, 0.4) is 0 Å². The summed E-state index contributed by atoms with van der Waals surface area (Å²) < 4.78 is 40.1. The number of phenols is 1. The number of hydrazone groups is 1. The molecule has 0 saturated carbocycles. The molecule has 1 heterocycles. The molecule has 184 valence electrons. The second-order valence-corrected chi connectivity index (χ2v) is 7.33. The third-order valence-corrected chi connectivity index (χ3v) is 5.06. The number of carbonyl (C=O) groups excluding carboxylic acids is 2. The summed E-state index contributed by atoms with van der Waals surface area (Å²) in [7, 11) is 0. The number of hydrogen-bond acceptors (Lipinski definition) is 5. The summed E-state index contributed by atoms with van der Waals surface area (Å²) in [6, 6.07) is 15.2. The maximum absolute atomic E-state index is 13.4. The molecule has 34 heavy (non-hydrogen) atoms. The Morgan fingerprint density at radius 3 is 2.15 bits per heavy atom. The van der Waals surface area contributed by atoms with Gasteiger partial charge in [-0.25, -0.2) is 5.43 Å². The summed E-state index contributed by atoms with van der Waals surface area (Å²) in [4.78, 5) is 28.0. The number of piperazine rings is 1. The summed E-state index contributed by atoms with van der Waals surface area (Å²) in [6.45, 7) is 6.41. The summed E-state index contributed by atoms with van der Waals surface area (Å²) in [5, 5.41) is 12.8. The number of benzene rings is 2. The topological polar surface area (TPSA) is 85.2 Å². The minimum absolute atomic E-state index is 0.223. The van der Waals surface area contributed by atoms with Crippen LogP contribution in [0.1, 0.15) is 36.2 Å². The molecular weight excluding hydrogens is 449 g/mol. The Kier molecular flexibility index (Phi) is 10.1. The molecule has 3 rings (SSSR count). The van der Waals surface area contributed by atoms with Crippen LogP contribution in [0.4, 0.5) is 13.2 Å². The van der Waals surface area contributed by atoms with Gasteiger partial charge in [0.05, 0.1) is 12.0 Å². The molecule has 1 aliphatic heterocycles. The lowest BCUT2D eigenvalue weighted by atomic mass is 10.2. The summed E-state index contributed by atoms with van der Waals surface area (Å²) in [5.74, 6) is -2.11. The van der Waals surface area contributed by atoms with Gasteiger partial charge < -0.3 is 10.0 Å². The highest BCUT2D eigenvalue weighted by molar-refractivity contribution is 6.05. The second-order valence-electron chi connectivity index (χ2n) is 7.33. The quantitative estimate of drug-likeness (QED) is 0.489. The molecule has 0 unspecified atom stereocenters. The normalized spacial score (nSPS) is 14.7. The number of rotatable bonds is 6. The minimum Gasteiger partial charge on any atom is -0.507 e. The zero-order valence-electron chi connectivity index (χ0n) is 19.2. The highest BCUT2D eigenvalue weighted by Crippen LogP contribution is 2.21. The fraction of sp³-hybridized carbons (Fsp3) is 0.375. The zero-order valence-corrected chi connectivity index (χ0v) is 19.2. The van der Waals surface area contributed by atoms with Gasteiger partial charge in [0, 0.05) is 32.7 Å². The van der Waals surface area contributed by atoms with E-state index < -0.39 is 35.9 Å². The molecule has 1 aliphatic rings. The molecule has 0 aromatic heterocycles. The van der Waals surface area contributed by atoms with Crippen LogP contribution in [0.5, 0.6) is 5.75 Å². The number of nitrogens with zero attached hydrogens (tertiary/aromatic N) is 3. The Morgan fingerprint density at radius 2 is 1.56 bits per heavy atom. The Bertz CT molecular complexity index is 973. The van der Waals surface area contributed by atoms with E-state index in [1.165, 1.54) is 29.2 Å². The smallest absolute Gasteiger partial charge is 0.431 e. The van der Waals surface area contributed by atoms with Crippen molar-refractivity contribution in [2.45, 2.75) is 33.0 Å². The monoisotopic (exact) mass is 478 g/mol. The molecule has 1 saturated heterocycles. The third kappa shape index (κ3) is 7.87. The molecule has 0 spiro atoms. The maximum Gasteiger partial charge on any atom is 0.431 e. The van der Waals surface area contributed by atoms with E-state index in [0.717, 1.165) is 5.56 Å². The van der Waals surface area contributed by atoms with Crippen LogP contribution in [0.2, 0.25) is 0 Å². The summed E-state index contributed by atoms with van der Waals surface area (Å²) in [5.41, 5.74) is 1.28. The standard InChI is InChI=1S/C22H23F3N4O3.C2H6/c23-22(24,25)19(26-27-21(32)17-8-4-5-9-18(17)30)14-20(31)29-12-10-28(11-13-29)15-16-6-2-1-3-7-16;1-2/h1-9,30H,10-15H2,(H,27,32);1-2H3/b26-19-;. The molecule has 0 atom stereocenters. The Balaban J connectivity index is 0.00000199. The molecule has 0 bridgehead atoms. The van der Waals surface area contributed by atoms with E-state index in [-0.39, 0.29) is 5.56 Å². The molecule has 2 amide bonds. The SMILES string of the molecule is CC.O=C(N/N=C(/CC(=O)N1CCN(Cc2ccccc2)CC1)C(F)(F)F)c1ccccc1O. The van der Waals surface area contributed by atoms with Gasteiger partial charge >= 0.3 is 6.18 Å². The molecule has 1 fully saturated rings. The first-order valence-corrected chi connectivity index (χ1v) is 11.0. The van der Waals surface area contributed by atoms with Gasteiger partial charge in [-0.2, -0.15) is 18.3 Å². The molecular formula is C24H29F3N4O3. The largest absolute Gasteiger partial charge is 0.507 e. The molecule has 2 aromatic carbocycles. The van der Waals surface area contributed by atoms with Gasteiger partial charge in [0.15, 0.2) is 5.71 Å². The van der Waals surface area contributed by atoms with Gasteiger partial charge in [-0.1, -0.05) is 56.3 Å². The van der Waals surface area contributed by atoms with Gasteiger partial charge in [-0.15, -0.1) is 0 Å². The summed E-state index contributed by atoms with van der Waals surface area (Å²) >= 11 is 0. The predicted molar refractivity (Wildman–Crippen MR) is 123 cm³/mol. The molecule has 0 radical (unpaired) electrons. The van der Waals surface area contributed by atoms with Crippen LogP contribution in [-0.2, 0) is 11.3 Å². The van der Waals surface area contributed by atoms with Crippen molar-refractivity contribution in [2.24, 2.45) is 5.10 Å². The van der Waals surface area contributed by atoms with Crippen molar-refractivity contribution < 1.29 is 27.9 Å². The fourth-order valence-corrected chi connectivity index (χ4v) is 3.30. The minimum atomic E-state index is -4.89. The first kappa shape index (κ1) is 26.8. The van der Waals surface area contributed by atoms with Crippen LogP contribution in [0.25, 0.3) is 0 Å². The third-order valence-electron chi connectivity index (χ3n) is 5.06. The zero-order chi connectivity index (χ0) is 25.1. The van der Waals surface area contributed by atoms with Crippen molar-refractivity contribution in [3.63, 3.8) is 0 Å². The number of alkyl halides is 3. The van der Waals surface area contributed by atoms with Crippen LogP contribution in [0, 0.1) is 0 Å². The highest BCUT2D eigenvalue weighted by Gasteiger charge is 2.38. The lowest BCUT2D eigenvalue weighted by molar-refractivity contribution is -0.132. The van der Waals surface area contributed by atoms with Crippen molar-refractivity contribution in [2.75, 3.05) is 26.2 Å². The van der Waals surface area contributed by atoms with E-state index in [1.54, 1.807) is 5.43 Å². The molecule has 2 N–H and O–H groups in total. The number of nitrogens with one attached hydrogen (secondary N) is 1. The van der Waals surface area contributed by atoms with E-state index in [2.05, 4.69) is 10.0 Å². The number of amides is 2. The van der Waals surface area contributed by atoms with Crippen molar-refractivity contribution >= 4 is 17.5 Å². The Labute approximate surface area is 196 Å². The summed E-state index contributed by atoms with van der Waals surface area (Å²) in [6.07, 6.45) is -5.87. The van der Waals surface area contributed by atoms with Crippen LogP contribution >= 0.6 is 0 Å². The van der Waals surface area contributed by atoms with E-state index >= 15 is 0 Å². The lowest BCUT2D eigenvalue weighted by Gasteiger charge is -2.35. The van der Waals surface area contributed by atoms with Crippen LogP contribution in [0.15, 0.2) is 59.7 Å². The molecule has 2 aromatic rings. The Hall–Kier alpha value is -3.40. The fourth-order valence-electron chi connectivity index (χ4n) is 3.30. The first-order chi connectivity index (χ1) is 16.2. The van der Waals surface area contributed by atoms with E-state index in [0.29, 0.717) is 32.7 Å². The van der Waals surface area contributed by atoms with Crippen LogP contribution in [-0.4, -0.2) is 64.8 Å².